The summed E-state index contributed by atoms with van der Waals surface area (Å²) in [5.74, 6) is 0.477. The van der Waals surface area contributed by atoms with Gasteiger partial charge in [0.25, 0.3) is 0 Å². The topological polar surface area (TPSA) is 93.5 Å². The zero-order valence-corrected chi connectivity index (χ0v) is 14.8. The lowest BCUT2D eigenvalue weighted by Gasteiger charge is -2.30. The van der Waals surface area contributed by atoms with Gasteiger partial charge in [-0.25, -0.2) is 18.1 Å². The highest BCUT2D eigenvalue weighted by Crippen LogP contribution is 2.32. The van der Waals surface area contributed by atoms with Crippen LogP contribution in [0.3, 0.4) is 0 Å². The van der Waals surface area contributed by atoms with Gasteiger partial charge in [0.2, 0.25) is 10.0 Å². The molecule has 0 aliphatic carbocycles. The standard InChI is InChI=1S/C18H19N3O4S/c22-16-11-25-17-8-4-1-5-13(17)18(16)20-26(23,24)10-9-21-12-19-14-6-2-3-7-15(14)21/h1-8,12,16,18,20,22H,9-11H2/t16-,18+/m1/s1. The SMILES string of the molecule is O=S(=O)(CCn1cnc2ccccc21)N[C@H]1c2ccccc2OC[C@H]1O. The van der Waals surface area contributed by atoms with E-state index in [0.717, 1.165) is 11.0 Å². The molecule has 0 spiro atoms. The molecule has 0 unspecified atom stereocenters. The third-order valence-corrected chi connectivity index (χ3v) is 5.82. The molecule has 0 fully saturated rings. The van der Waals surface area contributed by atoms with Gasteiger partial charge in [0, 0.05) is 12.1 Å². The van der Waals surface area contributed by atoms with Crippen LogP contribution in [0.1, 0.15) is 11.6 Å². The minimum atomic E-state index is -3.62. The normalized spacial score (nSPS) is 19.9. The van der Waals surface area contributed by atoms with Gasteiger partial charge >= 0.3 is 0 Å². The van der Waals surface area contributed by atoms with E-state index in [4.69, 9.17) is 4.74 Å². The molecule has 0 radical (unpaired) electrons. The number of sulfonamides is 1. The fraction of sp³-hybridized carbons (Fsp3) is 0.278. The molecule has 0 saturated heterocycles. The molecule has 2 aromatic carbocycles. The number of para-hydroxylation sites is 3. The van der Waals surface area contributed by atoms with Crippen molar-refractivity contribution in [3.05, 3.63) is 60.4 Å². The quantitative estimate of drug-likeness (QED) is 0.706. The van der Waals surface area contributed by atoms with Crippen LogP contribution in [-0.4, -0.2) is 41.5 Å². The summed E-state index contributed by atoms with van der Waals surface area (Å²) in [6, 6.07) is 14.0. The first-order valence-electron chi connectivity index (χ1n) is 8.33. The lowest BCUT2D eigenvalue weighted by Crippen LogP contribution is -2.43. The van der Waals surface area contributed by atoms with Crippen molar-refractivity contribution in [1.29, 1.82) is 0 Å². The number of aryl methyl sites for hydroxylation is 1. The molecule has 1 aromatic heterocycles. The second-order valence-electron chi connectivity index (χ2n) is 6.26. The number of aliphatic hydroxyl groups excluding tert-OH is 1. The number of aliphatic hydroxyl groups is 1. The second-order valence-corrected chi connectivity index (χ2v) is 8.13. The number of nitrogens with zero attached hydrogens (tertiary/aromatic N) is 2. The average molecular weight is 373 g/mol. The predicted molar refractivity (Wildman–Crippen MR) is 97.3 cm³/mol. The van der Waals surface area contributed by atoms with Crippen LogP contribution in [0.15, 0.2) is 54.9 Å². The highest BCUT2D eigenvalue weighted by atomic mass is 32.2. The Labute approximate surface area is 151 Å². The van der Waals surface area contributed by atoms with E-state index in [1.165, 1.54) is 0 Å². The molecule has 2 atom stereocenters. The Morgan fingerprint density at radius 3 is 2.85 bits per heavy atom. The van der Waals surface area contributed by atoms with Crippen molar-refractivity contribution < 1.29 is 18.3 Å². The molecule has 0 amide bonds. The van der Waals surface area contributed by atoms with Crippen molar-refractivity contribution in [3.8, 4) is 5.75 Å². The van der Waals surface area contributed by atoms with Crippen molar-refractivity contribution in [1.82, 2.24) is 14.3 Å². The molecule has 7 nitrogen and oxygen atoms in total. The van der Waals surface area contributed by atoms with Gasteiger partial charge in [-0.15, -0.1) is 0 Å². The summed E-state index contributed by atoms with van der Waals surface area (Å²) < 4.78 is 35.1. The highest BCUT2D eigenvalue weighted by Gasteiger charge is 2.32. The van der Waals surface area contributed by atoms with Gasteiger partial charge in [-0.1, -0.05) is 30.3 Å². The molecule has 26 heavy (non-hydrogen) atoms. The maximum atomic E-state index is 12.6. The zero-order valence-electron chi connectivity index (χ0n) is 13.9. The molecular weight excluding hydrogens is 354 g/mol. The van der Waals surface area contributed by atoms with Crippen molar-refractivity contribution in [3.63, 3.8) is 0 Å². The summed E-state index contributed by atoms with van der Waals surface area (Å²) in [6.45, 7) is 0.327. The molecular formula is C18H19N3O4S. The summed E-state index contributed by atoms with van der Waals surface area (Å²) in [7, 11) is -3.62. The molecule has 3 aromatic rings. The Morgan fingerprint density at radius 1 is 1.19 bits per heavy atom. The first-order chi connectivity index (χ1) is 12.5. The summed E-state index contributed by atoms with van der Waals surface area (Å²) >= 11 is 0. The van der Waals surface area contributed by atoms with Gasteiger partial charge in [0.1, 0.15) is 18.5 Å². The first-order valence-corrected chi connectivity index (χ1v) is 9.98. The number of benzene rings is 2. The van der Waals surface area contributed by atoms with Crippen molar-refractivity contribution in [2.24, 2.45) is 0 Å². The molecule has 8 heteroatoms. The number of rotatable bonds is 5. The van der Waals surface area contributed by atoms with Gasteiger partial charge < -0.3 is 14.4 Å². The fourth-order valence-corrected chi connectivity index (χ4v) is 4.37. The predicted octanol–water partition coefficient (Wildman–Crippen LogP) is 1.45. The highest BCUT2D eigenvalue weighted by molar-refractivity contribution is 7.89. The van der Waals surface area contributed by atoms with E-state index >= 15 is 0 Å². The van der Waals surface area contributed by atoms with Crippen LogP contribution in [-0.2, 0) is 16.6 Å². The maximum Gasteiger partial charge on any atom is 0.214 e. The van der Waals surface area contributed by atoms with Crippen LogP contribution in [0.2, 0.25) is 0 Å². The van der Waals surface area contributed by atoms with Gasteiger partial charge in [0.15, 0.2) is 0 Å². The number of aromatic nitrogens is 2. The monoisotopic (exact) mass is 373 g/mol. The Kier molecular flexibility index (Phi) is 4.39. The Balaban J connectivity index is 1.51. The van der Waals surface area contributed by atoms with E-state index in [9.17, 15) is 13.5 Å². The van der Waals surface area contributed by atoms with Crippen LogP contribution in [0.25, 0.3) is 11.0 Å². The van der Waals surface area contributed by atoms with Gasteiger partial charge in [0.05, 0.1) is 29.2 Å². The lowest BCUT2D eigenvalue weighted by molar-refractivity contribution is 0.0626. The van der Waals surface area contributed by atoms with E-state index in [0.29, 0.717) is 11.3 Å². The smallest absolute Gasteiger partial charge is 0.214 e. The van der Waals surface area contributed by atoms with E-state index in [2.05, 4.69) is 9.71 Å². The lowest BCUT2D eigenvalue weighted by atomic mass is 9.99. The third kappa shape index (κ3) is 3.31. The summed E-state index contributed by atoms with van der Waals surface area (Å²) in [5, 5.41) is 10.2. The summed E-state index contributed by atoms with van der Waals surface area (Å²) in [4.78, 5) is 4.27. The summed E-state index contributed by atoms with van der Waals surface area (Å²) in [5.41, 5.74) is 2.36. The molecule has 1 aliphatic rings. The molecule has 4 rings (SSSR count). The van der Waals surface area contributed by atoms with E-state index in [1.54, 1.807) is 24.5 Å². The number of nitrogens with one attached hydrogen (secondary N) is 1. The fourth-order valence-electron chi connectivity index (χ4n) is 3.15. The number of hydrogen-bond acceptors (Lipinski definition) is 5. The first kappa shape index (κ1) is 17.0. The number of imidazole rings is 1. The molecule has 2 N–H and O–H groups in total. The second kappa shape index (κ2) is 6.71. The Bertz CT molecular complexity index is 1030. The van der Waals surface area contributed by atoms with Gasteiger partial charge in [-0.3, -0.25) is 0 Å². The molecule has 136 valence electrons. The third-order valence-electron chi connectivity index (χ3n) is 4.48. The van der Waals surface area contributed by atoms with Gasteiger partial charge in [-0.05, 0) is 18.2 Å². The van der Waals surface area contributed by atoms with E-state index in [-0.39, 0.29) is 18.9 Å². The van der Waals surface area contributed by atoms with Crippen LogP contribution in [0.5, 0.6) is 5.75 Å². The van der Waals surface area contributed by atoms with Crippen LogP contribution >= 0.6 is 0 Å². The van der Waals surface area contributed by atoms with Crippen molar-refractivity contribution in [2.45, 2.75) is 18.7 Å². The Hall–Kier alpha value is -2.42. The minimum Gasteiger partial charge on any atom is -0.490 e. The van der Waals surface area contributed by atoms with Gasteiger partial charge in [-0.2, -0.15) is 0 Å². The molecule has 1 aliphatic heterocycles. The number of hydrogen-bond donors (Lipinski definition) is 2. The summed E-state index contributed by atoms with van der Waals surface area (Å²) in [6.07, 6.45) is 0.701. The zero-order chi connectivity index (χ0) is 18.1. The molecule has 0 bridgehead atoms. The van der Waals surface area contributed by atoms with Crippen molar-refractivity contribution in [2.75, 3.05) is 12.4 Å². The number of fused-ring (bicyclic) bond motifs is 2. The number of ether oxygens (including phenoxy) is 1. The van der Waals surface area contributed by atoms with Crippen molar-refractivity contribution >= 4 is 21.1 Å². The van der Waals surface area contributed by atoms with Crippen LogP contribution in [0, 0.1) is 0 Å². The maximum absolute atomic E-state index is 12.6. The van der Waals surface area contributed by atoms with Crippen LogP contribution in [0.4, 0.5) is 0 Å². The Morgan fingerprint density at radius 2 is 1.96 bits per heavy atom. The minimum absolute atomic E-state index is 0.0519. The molecule has 0 saturated carbocycles. The van der Waals surface area contributed by atoms with Crippen LogP contribution < -0.4 is 9.46 Å². The average Bonchev–Trinajstić information content (AvgIpc) is 3.06. The van der Waals surface area contributed by atoms with E-state index < -0.39 is 22.2 Å². The molecule has 2 heterocycles. The largest absolute Gasteiger partial charge is 0.490 e. The van der Waals surface area contributed by atoms with E-state index in [1.807, 2.05) is 34.9 Å².